The van der Waals surface area contributed by atoms with Crippen molar-refractivity contribution in [1.82, 2.24) is 10.6 Å². The summed E-state index contributed by atoms with van der Waals surface area (Å²) >= 11 is 0. The Balaban J connectivity index is 2.33. The van der Waals surface area contributed by atoms with E-state index in [1.165, 1.54) is 0 Å². The van der Waals surface area contributed by atoms with E-state index in [0.29, 0.717) is 18.5 Å². The van der Waals surface area contributed by atoms with Crippen LogP contribution in [0.15, 0.2) is 0 Å². The third-order valence-corrected chi connectivity index (χ3v) is 3.13. The minimum Gasteiger partial charge on any atom is -0.378 e. The Labute approximate surface area is 98.1 Å². The maximum absolute atomic E-state index is 11.8. The SMILES string of the molecule is COC(C)(C)CC(=O)NC1CCNC(C)C1. The van der Waals surface area contributed by atoms with Crippen molar-refractivity contribution >= 4 is 5.91 Å². The van der Waals surface area contributed by atoms with Gasteiger partial charge in [0.05, 0.1) is 12.0 Å². The molecule has 0 aromatic rings. The molecule has 0 aliphatic carbocycles. The Morgan fingerprint density at radius 2 is 2.25 bits per heavy atom. The van der Waals surface area contributed by atoms with Crippen molar-refractivity contribution in [2.24, 2.45) is 0 Å². The van der Waals surface area contributed by atoms with E-state index < -0.39 is 0 Å². The molecule has 2 N–H and O–H groups in total. The monoisotopic (exact) mass is 228 g/mol. The van der Waals surface area contributed by atoms with E-state index in [-0.39, 0.29) is 11.5 Å². The highest BCUT2D eigenvalue weighted by Gasteiger charge is 2.24. The molecule has 2 atom stereocenters. The van der Waals surface area contributed by atoms with E-state index in [1.54, 1.807) is 7.11 Å². The van der Waals surface area contributed by atoms with Gasteiger partial charge < -0.3 is 15.4 Å². The van der Waals surface area contributed by atoms with Gasteiger partial charge in [-0.25, -0.2) is 0 Å². The lowest BCUT2D eigenvalue weighted by atomic mass is 9.99. The summed E-state index contributed by atoms with van der Waals surface area (Å²) in [5.74, 6) is 0.0888. The number of nitrogens with one attached hydrogen (secondary N) is 2. The van der Waals surface area contributed by atoms with Crippen LogP contribution in [0.3, 0.4) is 0 Å². The van der Waals surface area contributed by atoms with Gasteiger partial charge in [-0.05, 0) is 40.2 Å². The molecule has 1 fully saturated rings. The lowest BCUT2D eigenvalue weighted by Crippen LogP contribution is -2.47. The molecule has 4 nitrogen and oxygen atoms in total. The van der Waals surface area contributed by atoms with Crippen molar-refractivity contribution in [3.8, 4) is 0 Å². The second-order valence-electron chi connectivity index (χ2n) is 5.28. The minimum atomic E-state index is -0.372. The van der Waals surface area contributed by atoms with Gasteiger partial charge in [0.15, 0.2) is 0 Å². The molecule has 16 heavy (non-hydrogen) atoms. The van der Waals surface area contributed by atoms with Crippen LogP contribution < -0.4 is 10.6 Å². The van der Waals surface area contributed by atoms with Crippen molar-refractivity contribution in [2.45, 2.75) is 57.7 Å². The van der Waals surface area contributed by atoms with Crippen LogP contribution in [0.25, 0.3) is 0 Å². The second kappa shape index (κ2) is 5.64. The van der Waals surface area contributed by atoms with Gasteiger partial charge in [-0.2, -0.15) is 0 Å². The molecule has 1 rings (SSSR count). The van der Waals surface area contributed by atoms with Gasteiger partial charge in [-0.15, -0.1) is 0 Å². The Kier molecular flexibility index (Phi) is 4.74. The fourth-order valence-electron chi connectivity index (χ4n) is 2.00. The highest BCUT2D eigenvalue weighted by molar-refractivity contribution is 5.77. The molecule has 1 aliphatic heterocycles. The first kappa shape index (κ1) is 13.5. The van der Waals surface area contributed by atoms with Gasteiger partial charge in [0.1, 0.15) is 0 Å². The third-order valence-electron chi connectivity index (χ3n) is 3.13. The first-order chi connectivity index (χ1) is 7.43. The molecule has 0 radical (unpaired) electrons. The molecule has 1 heterocycles. The van der Waals surface area contributed by atoms with E-state index in [9.17, 15) is 4.79 Å². The van der Waals surface area contributed by atoms with Gasteiger partial charge >= 0.3 is 0 Å². The number of carbonyl (C=O) groups is 1. The topological polar surface area (TPSA) is 50.4 Å². The standard InChI is InChI=1S/C12H24N2O2/c1-9-7-10(5-6-13-9)14-11(15)8-12(2,3)16-4/h9-10,13H,5-8H2,1-4H3,(H,14,15). The Hall–Kier alpha value is -0.610. The molecular formula is C12H24N2O2. The fraction of sp³-hybridized carbons (Fsp3) is 0.917. The predicted molar refractivity (Wildman–Crippen MR) is 64.3 cm³/mol. The Bertz CT molecular complexity index is 241. The molecule has 1 aliphatic rings. The number of ether oxygens (including phenoxy) is 1. The van der Waals surface area contributed by atoms with E-state index in [2.05, 4.69) is 17.6 Å². The van der Waals surface area contributed by atoms with Gasteiger partial charge in [-0.3, -0.25) is 4.79 Å². The maximum atomic E-state index is 11.8. The summed E-state index contributed by atoms with van der Waals surface area (Å²) in [5.41, 5.74) is -0.372. The second-order valence-corrected chi connectivity index (χ2v) is 5.28. The lowest BCUT2D eigenvalue weighted by molar-refractivity contribution is -0.127. The highest BCUT2D eigenvalue weighted by Crippen LogP contribution is 2.14. The summed E-state index contributed by atoms with van der Waals surface area (Å²) in [5, 5.41) is 6.45. The molecule has 0 aromatic carbocycles. The number of hydrogen-bond donors (Lipinski definition) is 2. The van der Waals surface area contributed by atoms with Gasteiger partial charge in [0.25, 0.3) is 0 Å². The first-order valence-electron chi connectivity index (χ1n) is 6.01. The smallest absolute Gasteiger partial charge is 0.223 e. The van der Waals surface area contributed by atoms with Crippen molar-refractivity contribution in [3.63, 3.8) is 0 Å². The van der Waals surface area contributed by atoms with Crippen LogP contribution in [-0.2, 0) is 9.53 Å². The zero-order valence-electron chi connectivity index (χ0n) is 10.8. The Morgan fingerprint density at radius 3 is 2.81 bits per heavy atom. The molecule has 0 aromatic heterocycles. The molecule has 1 amide bonds. The summed E-state index contributed by atoms with van der Waals surface area (Å²) in [4.78, 5) is 11.8. The molecule has 0 spiro atoms. The highest BCUT2D eigenvalue weighted by atomic mass is 16.5. The van der Waals surface area contributed by atoms with Gasteiger partial charge in [-0.1, -0.05) is 0 Å². The lowest BCUT2D eigenvalue weighted by Gasteiger charge is -2.30. The van der Waals surface area contributed by atoms with Crippen molar-refractivity contribution in [2.75, 3.05) is 13.7 Å². The molecule has 0 bridgehead atoms. The number of carbonyl (C=O) groups excluding carboxylic acids is 1. The van der Waals surface area contributed by atoms with E-state index in [0.717, 1.165) is 19.4 Å². The predicted octanol–water partition coefficient (Wildman–Crippen LogP) is 1.06. The van der Waals surface area contributed by atoms with E-state index >= 15 is 0 Å². The number of rotatable bonds is 4. The normalized spacial score (nSPS) is 26.5. The van der Waals surface area contributed by atoms with Crippen LogP contribution in [-0.4, -0.2) is 37.2 Å². The molecule has 4 heteroatoms. The fourth-order valence-corrected chi connectivity index (χ4v) is 2.00. The quantitative estimate of drug-likeness (QED) is 0.756. The third kappa shape index (κ3) is 4.49. The summed E-state index contributed by atoms with van der Waals surface area (Å²) in [6, 6.07) is 0.811. The van der Waals surface area contributed by atoms with Crippen molar-refractivity contribution < 1.29 is 9.53 Å². The average Bonchev–Trinajstić information content (AvgIpc) is 2.16. The van der Waals surface area contributed by atoms with Crippen LogP contribution in [0.2, 0.25) is 0 Å². The van der Waals surface area contributed by atoms with Gasteiger partial charge in [0, 0.05) is 19.2 Å². The van der Waals surface area contributed by atoms with Crippen LogP contribution in [0, 0.1) is 0 Å². The number of methoxy groups -OCH3 is 1. The molecule has 1 saturated heterocycles. The number of amides is 1. The van der Waals surface area contributed by atoms with Crippen LogP contribution in [0.4, 0.5) is 0 Å². The minimum absolute atomic E-state index is 0.0888. The number of hydrogen-bond acceptors (Lipinski definition) is 3. The summed E-state index contributed by atoms with van der Waals surface area (Å²) < 4.78 is 5.25. The molecule has 0 saturated carbocycles. The zero-order valence-corrected chi connectivity index (χ0v) is 10.8. The van der Waals surface area contributed by atoms with E-state index in [4.69, 9.17) is 4.74 Å². The average molecular weight is 228 g/mol. The molecular weight excluding hydrogens is 204 g/mol. The summed E-state index contributed by atoms with van der Waals surface area (Å²) in [6.45, 7) is 6.99. The van der Waals surface area contributed by atoms with Crippen LogP contribution >= 0.6 is 0 Å². The van der Waals surface area contributed by atoms with Crippen LogP contribution in [0.5, 0.6) is 0 Å². The zero-order chi connectivity index (χ0) is 12.2. The van der Waals surface area contributed by atoms with Gasteiger partial charge in [0.2, 0.25) is 5.91 Å². The first-order valence-corrected chi connectivity index (χ1v) is 6.01. The Morgan fingerprint density at radius 1 is 1.56 bits per heavy atom. The van der Waals surface area contributed by atoms with E-state index in [1.807, 2.05) is 13.8 Å². The largest absolute Gasteiger partial charge is 0.378 e. The maximum Gasteiger partial charge on any atom is 0.223 e. The number of piperidine rings is 1. The molecule has 94 valence electrons. The summed E-state index contributed by atoms with van der Waals surface area (Å²) in [6.07, 6.45) is 2.45. The molecule has 2 unspecified atom stereocenters. The van der Waals surface area contributed by atoms with Crippen molar-refractivity contribution in [1.29, 1.82) is 0 Å². The van der Waals surface area contributed by atoms with Crippen molar-refractivity contribution in [3.05, 3.63) is 0 Å². The van der Waals surface area contributed by atoms with Crippen LogP contribution in [0.1, 0.15) is 40.0 Å². The summed E-state index contributed by atoms with van der Waals surface area (Å²) in [7, 11) is 1.64.